The molecule has 0 bridgehead atoms. The Balaban J connectivity index is 2.24. The van der Waals surface area contributed by atoms with Crippen LogP contribution in [-0.2, 0) is 20.2 Å². The second-order valence-electron chi connectivity index (χ2n) is 6.18. The molecule has 0 aromatic heterocycles. The van der Waals surface area contributed by atoms with Gasteiger partial charge in [0.05, 0.1) is 5.69 Å². The van der Waals surface area contributed by atoms with Crippen LogP contribution in [0.1, 0.15) is 0 Å². The number of primary amides is 1. The Kier molecular flexibility index (Phi) is 5.64. The first-order valence-electron chi connectivity index (χ1n) is 8.26. The Hall–Kier alpha value is -3.59. The van der Waals surface area contributed by atoms with Crippen LogP contribution in [0.3, 0.4) is 0 Å². The molecule has 0 aliphatic carbocycles. The fourth-order valence-corrected chi connectivity index (χ4v) is 4.38. The van der Waals surface area contributed by atoms with E-state index in [1.807, 2.05) is 0 Å². The quantitative estimate of drug-likeness (QED) is 0.214. The zero-order valence-electron chi connectivity index (χ0n) is 15.4. The van der Waals surface area contributed by atoms with Crippen LogP contribution in [0.4, 0.5) is 27.5 Å². The number of anilines is 2. The van der Waals surface area contributed by atoms with Crippen molar-refractivity contribution < 1.29 is 30.7 Å². The van der Waals surface area contributed by atoms with Gasteiger partial charge in [0.2, 0.25) is 0 Å². The molecular formula is C17H15N5O7S2. The first kappa shape index (κ1) is 22.1. The van der Waals surface area contributed by atoms with E-state index in [2.05, 4.69) is 15.5 Å². The zero-order valence-corrected chi connectivity index (χ0v) is 17.1. The van der Waals surface area contributed by atoms with Crippen molar-refractivity contribution in [1.82, 2.24) is 0 Å². The van der Waals surface area contributed by atoms with Crippen molar-refractivity contribution in [2.24, 2.45) is 16.0 Å². The van der Waals surface area contributed by atoms with E-state index in [1.54, 1.807) is 0 Å². The molecule has 0 saturated heterocycles. The van der Waals surface area contributed by atoms with Gasteiger partial charge >= 0.3 is 6.03 Å². The predicted molar refractivity (Wildman–Crippen MR) is 112 cm³/mol. The Morgan fingerprint density at radius 3 is 2.13 bits per heavy atom. The van der Waals surface area contributed by atoms with E-state index in [4.69, 9.17) is 11.5 Å². The Morgan fingerprint density at radius 1 is 0.871 bits per heavy atom. The number of nitrogens with one attached hydrogen (secondary N) is 1. The fraction of sp³-hybridized carbons (Fsp3) is 0. The second kappa shape index (κ2) is 7.92. The highest BCUT2D eigenvalue weighted by molar-refractivity contribution is 7.86. The molecule has 0 unspecified atom stereocenters. The molecule has 12 nitrogen and oxygen atoms in total. The van der Waals surface area contributed by atoms with E-state index in [9.17, 15) is 30.7 Å². The van der Waals surface area contributed by atoms with Crippen molar-refractivity contribution in [2.45, 2.75) is 9.79 Å². The molecule has 3 aromatic rings. The minimum atomic E-state index is -4.90. The van der Waals surface area contributed by atoms with Crippen molar-refractivity contribution in [3.63, 3.8) is 0 Å². The number of rotatable bonds is 5. The van der Waals surface area contributed by atoms with Crippen LogP contribution in [0.2, 0.25) is 0 Å². The highest BCUT2D eigenvalue weighted by Crippen LogP contribution is 2.37. The summed E-state index contributed by atoms with van der Waals surface area (Å²) >= 11 is 0. The number of urea groups is 1. The maximum absolute atomic E-state index is 12.0. The molecule has 14 heteroatoms. The average Bonchev–Trinajstić information content (AvgIpc) is 2.64. The second-order valence-corrected chi connectivity index (χ2v) is 8.93. The van der Waals surface area contributed by atoms with Crippen LogP contribution < -0.4 is 16.8 Å². The number of fused-ring (bicyclic) bond motifs is 1. The molecule has 0 spiro atoms. The van der Waals surface area contributed by atoms with Crippen molar-refractivity contribution in [1.29, 1.82) is 0 Å². The van der Waals surface area contributed by atoms with Gasteiger partial charge in [-0.1, -0.05) is 18.2 Å². The lowest BCUT2D eigenvalue weighted by molar-refractivity contribution is 0.259. The van der Waals surface area contributed by atoms with Gasteiger partial charge in [0.25, 0.3) is 20.2 Å². The van der Waals surface area contributed by atoms with Crippen LogP contribution in [0.25, 0.3) is 10.8 Å². The summed E-state index contributed by atoms with van der Waals surface area (Å²) in [4.78, 5) is 9.89. The molecule has 0 radical (unpaired) electrons. The molecule has 162 valence electrons. The maximum Gasteiger partial charge on any atom is 0.316 e. The van der Waals surface area contributed by atoms with Gasteiger partial charge in [0.15, 0.2) is 0 Å². The largest absolute Gasteiger partial charge is 0.399 e. The van der Waals surface area contributed by atoms with E-state index < -0.39 is 36.1 Å². The molecule has 31 heavy (non-hydrogen) atoms. The van der Waals surface area contributed by atoms with E-state index in [0.29, 0.717) is 0 Å². The summed E-state index contributed by atoms with van der Waals surface area (Å²) in [5.74, 6) is 0. The third-order valence-corrected chi connectivity index (χ3v) is 5.89. The summed E-state index contributed by atoms with van der Waals surface area (Å²) in [7, 11) is -9.58. The minimum absolute atomic E-state index is 0.0704. The third kappa shape index (κ3) is 4.77. The highest BCUT2D eigenvalue weighted by Gasteiger charge is 2.23. The van der Waals surface area contributed by atoms with Crippen molar-refractivity contribution >= 4 is 59.8 Å². The number of carbonyl (C=O) groups is 1. The van der Waals surface area contributed by atoms with Crippen LogP contribution in [0.15, 0.2) is 68.6 Å². The van der Waals surface area contributed by atoms with Gasteiger partial charge in [-0.15, -0.1) is 10.2 Å². The SMILES string of the molecule is NC(=O)Nc1cc(N)ccc1N=Nc1ccc2c(S(=O)(=O)O)cccc2c1S(=O)(=O)O. The van der Waals surface area contributed by atoms with Gasteiger partial charge in [0.1, 0.15) is 21.2 Å². The molecule has 3 aromatic carbocycles. The number of hydrogen-bond donors (Lipinski definition) is 5. The lowest BCUT2D eigenvalue weighted by atomic mass is 10.1. The zero-order chi connectivity index (χ0) is 23.0. The molecule has 0 aliphatic heterocycles. The molecule has 0 aliphatic rings. The molecule has 0 heterocycles. The summed E-state index contributed by atoms with van der Waals surface area (Å²) in [5, 5.41) is 9.63. The predicted octanol–water partition coefficient (Wildman–Crippen LogP) is 2.82. The van der Waals surface area contributed by atoms with Crippen molar-refractivity contribution in [2.75, 3.05) is 11.1 Å². The van der Waals surface area contributed by atoms with Crippen molar-refractivity contribution in [3.05, 3.63) is 48.5 Å². The summed E-state index contributed by atoms with van der Waals surface area (Å²) in [6, 6.07) is 9.08. The van der Waals surface area contributed by atoms with Gasteiger partial charge in [-0.2, -0.15) is 16.8 Å². The van der Waals surface area contributed by atoms with Crippen LogP contribution in [0.5, 0.6) is 0 Å². The van der Waals surface area contributed by atoms with E-state index >= 15 is 0 Å². The fourth-order valence-electron chi connectivity index (χ4n) is 2.85. The summed E-state index contributed by atoms with van der Waals surface area (Å²) in [5.41, 5.74) is 10.9. The number of benzene rings is 3. The number of carbonyl (C=O) groups excluding carboxylic acids is 1. The van der Waals surface area contributed by atoms with E-state index in [1.165, 1.54) is 36.4 Å². The number of nitrogen functional groups attached to an aromatic ring is 1. The Labute approximate surface area is 176 Å². The standard InChI is InChI=1S/C17H15N5O7S2/c18-9-4-6-12(14(8-9)20-17(19)23)21-22-13-7-5-10-11(16(13)31(27,28)29)2-1-3-15(10)30(24,25)26/h1-8H,18H2,(H3,19,20,23)(H,24,25,26)(H,27,28,29). The Bertz CT molecular complexity index is 1450. The molecule has 0 atom stereocenters. The lowest BCUT2D eigenvalue weighted by Gasteiger charge is -2.10. The van der Waals surface area contributed by atoms with Crippen LogP contribution >= 0.6 is 0 Å². The molecule has 2 amide bonds. The maximum atomic E-state index is 12.0. The van der Waals surface area contributed by atoms with E-state index in [-0.39, 0.29) is 33.5 Å². The number of hydrogen-bond acceptors (Lipinski definition) is 8. The smallest absolute Gasteiger partial charge is 0.316 e. The van der Waals surface area contributed by atoms with E-state index in [0.717, 1.165) is 12.1 Å². The summed E-state index contributed by atoms with van der Waals surface area (Å²) < 4.78 is 66.4. The minimum Gasteiger partial charge on any atom is -0.399 e. The average molecular weight is 465 g/mol. The van der Waals surface area contributed by atoms with Crippen LogP contribution in [-0.4, -0.2) is 32.0 Å². The number of nitrogens with zero attached hydrogens (tertiary/aromatic N) is 2. The first-order valence-corrected chi connectivity index (χ1v) is 11.1. The number of nitrogens with two attached hydrogens (primary N) is 2. The summed E-state index contributed by atoms with van der Waals surface area (Å²) in [6.07, 6.45) is 0. The monoisotopic (exact) mass is 465 g/mol. The lowest BCUT2D eigenvalue weighted by Crippen LogP contribution is -2.19. The normalized spacial score (nSPS) is 12.3. The molecule has 0 fully saturated rings. The number of azo groups is 1. The third-order valence-electron chi connectivity index (χ3n) is 4.03. The Morgan fingerprint density at radius 2 is 1.52 bits per heavy atom. The topological polar surface area (TPSA) is 215 Å². The molecule has 0 saturated carbocycles. The van der Waals surface area contributed by atoms with Gasteiger partial charge in [-0.05, 0) is 30.3 Å². The first-order chi connectivity index (χ1) is 14.4. The van der Waals surface area contributed by atoms with Gasteiger partial charge in [-0.3, -0.25) is 9.11 Å². The van der Waals surface area contributed by atoms with Gasteiger partial charge in [0, 0.05) is 16.5 Å². The van der Waals surface area contributed by atoms with Crippen LogP contribution in [0, 0.1) is 0 Å². The van der Waals surface area contributed by atoms with Gasteiger partial charge < -0.3 is 16.8 Å². The van der Waals surface area contributed by atoms with Gasteiger partial charge in [-0.25, -0.2) is 4.79 Å². The number of amides is 2. The molecular weight excluding hydrogens is 450 g/mol. The summed E-state index contributed by atoms with van der Waals surface area (Å²) in [6.45, 7) is 0. The molecule has 7 N–H and O–H groups in total. The molecule has 3 rings (SSSR count). The van der Waals surface area contributed by atoms with Crippen molar-refractivity contribution in [3.8, 4) is 0 Å². The highest BCUT2D eigenvalue weighted by atomic mass is 32.2.